The van der Waals surface area contributed by atoms with Crippen molar-refractivity contribution in [3.8, 4) is 11.8 Å². The second-order valence-electron chi connectivity index (χ2n) is 2.65. The molecule has 0 fully saturated rings. The predicted octanol–water partition coefficient (Wildman–Crippen LogP) is 1.81. The van der Waals surface area contributed by atoms with Crippen molar-refractivity contribution in [2.75, 3.05) is 6.61 Å². The van der Waals surface area contributed by atoms with Gasteiger partial charge in [0.25, 0.3) is 5.69 Å². The van der Waals surface area contributed by atoms with Gasteiger partial charge in [0.05, 0.1) is 11.0 Å². The van der Waals surface area contributed by atoms with E-state index in [2.05, 4.69) is 0 Å². The van der Waals surface area contributed by atoms with Crippen LogP contribution in [0.5, 0.6) is 5.75 Å². The minimum Gasteiger partial charge on any atom is -0.478 e. The number of nitriles is 1. The van der Waals surface area contributed by atoms with Gasteiger partial charge in [-0.3, -0.25) is 10.1 Å². The van der Waals surface area contributed by atoms with E-state index in [1.165, 1.54) is 6.07 Å². The average Bonchev–Trinajstić information content (AvgIpc) is 2.16. The third kappa shape index (κ3) is 2.20. The van der Waals surface area contributed by atoms with E-state index in [0.29, 0.717) is 11.3 Å². The summed E-state index contributed by atoms with van der Waals surface area (Å²) in [5, 5.41) is 18.8. The second-order valence-corrected chi connectivity index (χ2v) is 2.65. The minimum atomic E-state index is -0.478. The highest BCUT2D eigenvalue weighted by Gasteiger charge is 2.11. The maximum Gasteiger partial charge on any atom is 0.276 e. The van der Waals surface area contributed by atoms with Gasteiger partial charge in [-0.15, -0.1) is 0 Å². The van der Waals surface area contributed by atoms with Crippen molar-refractivity contribution in [2.24, 2.45) is 0 Å². The molecule has 0 bridgehead atoms. The molecular weight excluding hydrogens is 184 g/mol. The number of hydrogen-bond donors (Lipinski definition) is 0. The number of nitro benzene ring substituents is 1. The fourth-order valence-corrected chi connectivity index (χ4v) is 0.991. The van der Waals surface area contributed by atoms with Crippen LogP contribution < -0.4 is 4.74 Å². The molecule has 5 nitrogen and oxygen atoms in total. The maximum atomic E-state index is 10.5. The first-order valence-corrected chi connectivity index (χ1v) is 3.90. The van der Waals surface area contributed by atoms with E-state index in [4.69, 9.17) is 10.00 Å². The quantitative estimate of drug-likeness (QED) is 0.540. The molecule has 0 atom stereocenters. The van der Waals surface area contributed by atoms with Gasteiger partial charge in [0.15, 0.2) is 6.61 Å². The SMILES string of the molecule is Cc1ccc(OCC#N)cc1[N+](=O)[O-]. The average molecular weight is 192 g/mol. The molecule has 1 rings (SSSR count). The summed E-state index contributed by atoms with van der Waals surface area (Å²) >= 11 is 0. The molecule has 0 heterocycles. The van der Waals surface area contributed by atoms with Gasteiger partial charge < -0.3 is 4.74 Å². The van der Waals surface area contributed by atoms with E-state index in [9.17, 15) is 10.1 Å². The Bertz CT molecular complexity index is 396. The summed E-state index contributed by atoms with van der Waals surface area (Å²) in [6.45, 7) is 1.53. The molecule has 0 aliphatic carbocycles. The Morgan fingerprint density at radius 2 is 2.36 bits per heavy atom. The molecule has 72 valence electrons. The monoisotopic (exact) mass is 192 g/mol. The lowest BCUT2D eigenvalue weighted by Crippen LogP contribution is -1.96. The lowest BCUT2D eigenvalue weighted by molar-refractivity contribution is -0.385. The molecule has 14 heavy (non-hydrogen) atoms. The normalized spacial score (nSPS) is 9.14. The molecule has 0 aromatic heterocycles. The maximum absolute atomic E-state index is 10.5. The number of benzene rings is 1. The molecule has 0 saturated heterocycles. The summed E-state index contributed by atoms with van der Waals surface area (Å²) in [6, 6.07) is 6.28. The smallest absolute Gasteiger partial charge is 0.276 e. The van der Waals surface area contributed by atoms with Gasteiger partial charge in [-0.25, -0.2) is 0 Å². The molecule has 0 radical (unpaired) electrons. The van der Waals surface area contributed by atoms with Crippen molar-refractivity contribution in [1.82, 2.24) is 0 Å². The van der Waals surface area contributed by atoms with Gasteiger partial charge in [0.1, 0.15) is 11.8 Å². The topological polar surface area (TPSA) is 76.2 Å². The van der Waals surface area contributed by atoms with E-state index in [0.717, 1.165) is 0 Å². The fourth-order valence-electron chi connectivity index (χ4n) is 0.991. The van der Waals surface area contributed by atoms with E-state index in [1.54, 1.807) is 25.1 Å². The van der Waals surface area contributed by atoms with E-state index < -0.39 is 4.92 Å². The number of aryl methyl sites for hydroxylation is 1. The third-order valence-electron chi connectivity index (χ3n) is 1.68. The second kappa shape index (κ2) is 4.23. The largest absolute Gasteiger partial charge is 0.478 e. The molecule has 1 aromatic carbocycles. The van der Waals surface area contributed by atoms with Crippen molar-refractivity contribution in [3.05, 3.63) is 33.9 Å². The lowest BCUT2D eigenvalue weighted by Gasteiger charge is -2.02. The van der Waals surface area contributed by atoms with Crippen LogP contribution in [0.1, 0.15) is 5.56 Å². The van der Waals surface area contributed by atoms with Crippen LogP contribution in [0.15, 0.2) is 18.2 Å². The lowest BCUT2D eigenvalue weighted by atomic mass is 10.2. The number of hydrogen-bond acceptors (Lipinski definition) is 4. The van der Waals surface area contributed by atoms with Crippen LogP contribution in [-0.4, -0.2) is 11.5 Å². The van der Waals surface area contributed by atoms with Crippen molar-refractivity contribution in [1.29, 1.82) is 5.26 Å². The Balaban J connectivity index is 2.96. The van der Waals surface area contributed by atoms with Crippen molar-refractivity contribution < 1.29 is 9.66 Å². The zero-order valence-corrected chi connectivity index (χ0v) is 7.56. The van der Waals surface area contributed by atoms with Gasteiger partial charge in [-0.05, 0) is 19.1 Å². The highest BCUT2D eigenvalue weighted by atomic mass is 16.6. The Morgan fingerprint density at radius 3 is 2.93 bits per heavy atom. The van der Waals surface area contributed by atoms with E-state index in [1.807, 2.05) is 0 Å². The molecule has 5 heteroatoms. The van der Waals surface area contributed by atoms with Crippen LogP contribution in [0, 0.1) is 28.4 Å². The molecule has 1 aromatic rings. The highest BCUT2D eigenvalue weighted by molar-refractivity contribution is 5.45. The molecule has 0 aliphatic rings. The summed E-state index contributed by atoms with van der Waals surface area (Å²) in [5.74, 6) is 0.337. The standard InChI is InChI=1S/C9H8N2O3/c1-7-2-3-8(14-5-4-10)6-9(7)11(12)13/h2-3,6H,5H2,1H3. The van der Waals surface area contributed by atoms with Crippen LogP contribution in [0.2, 0.25) is 0 Å². The fraction of sp³-hybridized carbons (Fsp3) is 0.222. The molecule has 0 saturated carbocycles. The molecule has 0 N–H and O–H groups in total. The van der Waals surface area contributed by atoms with Gasteiger partial charge in [0.2, 0.25) is 0 Å². The Hall–Kier alpha value is -2.09. The van der Waals surface area contributed by atoms with Crippen LogP contribution in [0.25, 0.3) is 0 Å². The Kier molecular flexibility index (Phi) is 3.02. The highest BCUT2D eigenvalue weighted by Crippen LogP contribution is 2.23. The first-order chi connectivity index (χ1) is 6.65. The minimum absolute atomic E-state index is 0.000407. The van der Waals surface area contributed by atoms with E-state index in [-0.39, 0.29) is 12.3 Å². The van der Waals surface area contributed by atoms with Crippen LogP contribution in [0.4, 0.5) is 5.69 Å². The summed E-state index contributed by atoms with van der Waals surface area (Å²) in [6.07, 6.45) is 0. The van der Waals surface area contributed by atoms with Crippen molar-refractivity contribution in [2.45, 2.75) is 6.92 Å². The van der Waals surface area contributed by atoms with Gasteiger partial charge >= 0.3 is 0 Å². The first kappa shape index (κ1) is 9.99. The zero-order valence-electron chi connectivity index (χ0n) is 7.56. The third-order valence-corrected chi connectivity index (χ3v) is 1.68. The number of nitrogens with zero attached hydrogens (tertiary/aromatic N) is 2. The van der Waals surface area contributed by atoms with Crippen molar-refractivity contribution in [3.63, 3.8) is 0 Å². The number of rotatable bonds is 3. The Morgan fingerprint density at radius 1 is 1.64 bits per heavy atom. The van der Waals surface area contributed by atoms with Crippen molar-refractivity contribution >= 4 is 5.69 Å². The number of nitro groups is 1. The Labute approximate surface area is 80.7 Å². The molecule has 0 unspecified atom stereocenters. The zero-order chi connectivity index (χ0) is 10.6. The summed E-state index contributed by atoms with van der Waals surface area (Å²) < 4.78 is 4.94. The van der Waals surface area contributed by atoms with Gasteiger partial charge in [-0.1, -0.05) is 0 Å². The molecule has 0 amide bonds. The first-order valence-electron chi connectivity index (χ1n) is 3.90. The molecule has 0 spiro atoms. The predicted molar refractivity (Wildman–Crippen MR) is 48.9 cm³/mol. The van der Waals surface area contributed by atoms with Gasteiger partial charge in [0, 0.05) is 5.56 Å². The molecule has 0 aliphatic heterocycles. The molecular formula is C9H8N2O3. The van der Waals surface area contributed by atoms with Crippen LogP contribution in [-0.2, 0) is 0 Å². The van der Waals surface area contributed by atoms with Crippen LogP contribution in [0.3, 0.4) is 0 Å². The van der Waals surface area contributed by atoms with E-state index >= 15 is 0 Å². The van der Waals surface area contributed by atoms with Gasteiger partial charge in [-0.2, -0.15) is 5.26 Å². The summed E-state index contributed by atoms with van der Waals surface area (Å²) in [5.41, 5.74) is 0.569. The summed E-state index contributed by atoms with van der Waals surface area (Å²) in [7, 11) is 0. The summed E-state index contributed by atoms with van der Waals surface area (Å²) in [4.78, 5) is 10.1. The van der Waals surface area contributed by atoms with Crippen LogP contribution >= 0.6 is 0 Å². The number of ether oxygens (including phenoxy) is 1.